The third-order valence-corrected chi connectivity index (χ3v) is 5.79. The molecule has 1 aliphatic heterocycles. The van der Waals surface area contributed by atoms with Gasteiger partial charge in [-0.2, -0.15) is 0 Å². The summed E-state index contributed by atoms with van der Waals surface area (Å²) in [7, 11) is 0. The first kappa shape index (κ1) is 19.9. The number of benzene rings is 2. The van der Waals surface area contributed by atoms with E-state index in [-0.39, 0.29) is 5.56 Å². The Morgan fingerprint density at radius 3 is 2.62 bits per heavy atom. The number of carboxylic acid groups (broad SMARTS) is 1. The van der Waals surface area contributed by atoms with Crippen LogP contribution >= 0.6 is 0 Å². The molecule has 0 saturated heterocycles. The minimum atomic E-state index is -0.915. The van der Waals surface area contributed by atoms with Crippen LogP contribution in [0.2, 0.25) is 0 Å². The van der Waals surface area contributed by atoms with Crippen LogP contribution in [0, 0.1) is 0 Å². The summed E-state index contributed by atoms with van der Waals surface area (Å²) >= 11 is 0. The lowest BCUT2D eigenvalue weighted by Crippen LogP contribution is -2.31. The van der Waals surface area contributed by atoms with Crippen molar-refractivity contribution in [3.05, 3.63) is 94.1 Å². The lowest BCUT2D eigenvalue weighted by Gasteiger charge is -2.15. The first-order valence-corrected chi connectivity index (χ1v) is 10.5. The summed E-state index contributed by atoms with van der Waals surface area (Å²) in [4.78, 5) is 25.5. The van der Waals surface area contributed by atoms with Crippen molar-refractivity contribution in [3.63, 3.8) is 0 Å². The van der Waals surface area contributed by atoms with Gasteiger partial charge in [-0.15, -0.1) is 0 Å². The summed E-state index contributed by atoms with van der Waals surface area (Å²) in [5.74, 6) is 1.33. The number of hydrogen-bond donors (Lipinski definition) is 1. The molecular weight excluding hydrogens is 408 g/mol. The van der Waals surface area contributed by atoms with Crippen molar-refractivity contribution < 1.29 is 19.1 Å². The molecule has 32 heavy (non-hydrogen) atoms. The second-order valence-electron chi connectivity index (χ2n) is 7.80. The molecule has 0 unspecified atom stereocenters. The fourth-order valence-electron chi connectivity index (χ4n) is 4.10. The molecule has 5 rings (SSSR count). The van der Waals surface area contributed by atoms with Crippen molar-refractivity contribution in [1.82, 2.24) is 9.47 Å². The zero-order valence-electron chi connectivity index (χ0n) is 17.4. The fraction of sp³-hybridized carbons (Fsp3) is 0.200. The predicted molar refractivity (Wildman–Crippen MR) is 120 cm³/mol. The number of rotatable bonds is 4. The number of ether oxygens (including phenoxy) is 1. The van der Waals surface area contributed by atoms with Gasteiger partial charge >= 0.3 is 6.09 Å². The molecule has 0 radical (unpaired) electrons. The van der Waals surface area contributed by atoms with Crippen LogP contribution in [0.4, 0.5) is 4.79 Å². The average molecular weight is 430 g/mol. The molecule has 1 aliphatic rings. The summed E-state index contributed by atoms with van der Waals surface area (Å²) in [6, 6.07) is 18.7. The van der Waals surface area contributed by atoms with Gasteiger partial charge in [0, 0.05) is 48.4 Å². The van der Waals surface area contributed by atoms with E-state index in [4.69, 9.17) is 9.15 Å². The van der Waals surface area contributed by atoms with Crippen LogP contribution < -0.4 is 10.3 Å². The molecule has 2 aromatic heterocycles. The zero-order chi connectivity index (χ0) is 22.1. The minimum absolute atomic E-state index is 0.193. The molecular formula is C25H22N2O5. The monoisotopic (exact) mass is 430 g/mol. The third-order valence-electron chi connectivity index (χ3n) is 5.79. The highest BCUT2D eigenvalue weighted by Gasteiger charge is 2.22. The van der Waals surface area contributed by atoms with Crippen LogP contribution in [-0.2, 0) is 19.4 Å². The molecule has 1 N–H and O–H groups in total. The predicted octanol–water partition coefficient (Wildman–Crippen LogP) is 4.24. The molecule has 2 aromatic carbocycles. The van der Waals surface area contributed by atoms with Gasteiger partial charge in [-0.05, 0) is 36.2 Å². The van der Waals surface area contributed by atoms with E-state index in [1.807, 2.05) is 48.5 Å². The standard InChI is InChI=1S/C25H22N2O5/c28-24-15-19(31-16-17-4-2-1-3-5-17)8-13-27(24)18-6-7-22-21(14-18)20-9-11-26(25(29)30)12-10-23(20)32-22/h1-8,13-15H,9-12,16H2,(H,29,30). The van der Waals surface area contributed by atoms with Crippen molar-refractivity contribution >= 4 is 17.1 Å². The SMILES string of the molecule is O=C(O)N1CCc2oc3ccc(-n4ccc(OCc5ccccc5)cc4=O)cc3c2CC1. The molecule has 1 amide bonds. The second-order valence-corrected chi connectivity index (χ2v) is 7.80. The molecule has 0 spiro atoms. The maximum absolute atomic E-state index is 12.8. The number of amides is 1. The summed E-state index contributed by atoms with van der Waals surface area (Å²) in [6.45, 7) is 1.23. The Hall–Kier alpha value is -4.00. The summed E-state index contributed by atoms with van der Waals surface area (Å²) in [6.07, 6.45) is 1.91. The number of hydrogen-bond acceptors (Lipinski definition) is 4. The number of aromatic nitrogens is 1. The maximum Gasteiger partial charge on any atom is 0.407 e. The molecule has 7 heteroatoms. The molecule has 0 saturated carbocycles. The van der Waals surface area contributed by atoms with Crippen LogP contribution in [-0.4, -0.2) is 33.8 Å². The summed E-state index contributed by atoms with van der Waals surface area (Å²) < 4.78 is 13.3. The Balaban J connectivity index is 1.41. The first-order valence-electron chi connectivity index (χ1n) is 10.5. The Kier molecular flexibility index (Phi) is 5.15. The van der Waals surface area contributed by atoms with E-state index in [0.29, 0.717) is 38.3 Å². The molecule has 0 bridgehead atoms. The van der Waals surface area contributed by atoms with Gasteiger partial charge in [0.15, 0.2) is 0 Å². The maximum atomic E-state index is 12.8. The second kappa shape index (κ2) is 8.26. The molecule has 3 heterocycles. The Labute approximate surface area is 184 Å². The lowest BCUT2D eigenvalue weighted by molar-refractivity contribution is 0.147. The van der Waals surface area contributed by atoms with E-state index in [2.05, 4.69) is 0 Å². The van der Waals surface area contributed by atoms with Gasteiger partial charge in [0.25, 0.3) is 5.56 Å². The summed E-state index contributed by atoms with van der Waals surface area (Å²) in [5.41, 5.74) is 3.32. The van der Waals surface area contributed by atoms with Crippen LogP contribution in [0.25, 0.3) is 16.7 Å². The fourth-order valence-corrected chi connectivity index (χ4v) is 4.10. The van der Waals surface area contributed by atoms with E-state index in [9.17, 15) is 14.7 Å². The van der Waals surface area contributed by atoms with Gasteiger partial charge in [-0.1, -0.05) is 30.3 Å². The number of furan rings is 1. The van der Waals surface area contributed by atoms with Crippen molar-refractivity contribution in [2.45, 2.75) is 19.4 Å². The Morgan fingerprint density at radius 2 is 1.84 bits per heavy atom. The van der Waals surface area contributed by atoms with Gasteiger partial charge < -0.3 is 19.2 Å². The number of carbonyl (C=O) groups is 1. The number of fused-ring (bicyclic) bond motifs is 3. The van der Waals surface area contributed by atoms with Gasteiger partial charge in [-0.25, -0.2) is 4.79 Å². The highest BCUT2D eigenvalue weighted by molar-refractivity contribution is 5.84. The van der Waals surface area contributed by atoms with E-state index >= 15 is 0 Å². The zero-order valence-corrected chi connectivity index (χ0v) is 17.4. The topological polar surface area (TPSA) is 84.9 Å². The highest BCUT2D eigenvalue weighted by atomic mass is 16.5. The first-order chi connectivity index (χ1) is 15.6. The van der Waals surface area contributed by atoms with Crippen LogP contribution in [0.5, 0.6) is 5.75 Å². The Bertz CT molecular complexity index is 1340. The number of pyridine rings is 1. The molecule has 0 aliphatic carbocycles. The Morgan fingerprint density at radius 1 is 1.03 bits per heavy atom. The number of nitrogens with zero attached hydrogens (tertiary/aromatic N) is 2. The van der Waals surface area contributed by atoms with E-state index < -0.39 is 6.09 Å². The van der Waals surface area contributed by atoms with Crippen molar-refractivity contribution in [2.75, 3.05) is 13.1 Å². The third kappa shape index (κ3) is 3.85. The van der Waals surface area contributed by atoms with E-state index in [0.717, 1.165) is 33.5 Å². The van der Waals surface area contributed by atoms with Crippen molar-refractivity contribution in [2.24, 2.45) is 0 Å². The van der Waals surface area contributed by atoms with E-state index in [1.165, 1.54) is 11.0 Å². The van der Waals surface area contributed by atoms with Crippen molar-refractivity contribution in [1.29, 1.82) is 0 Å². The lowest BCUT2D eigenvalue weighted by atomic mass is 10.1. The quantitative estimate of drug-likeness (QED) is 0.523. The highest BCUT2D eigenvalue weighted by Crippen LogP contribution is 2.30. The van der Waals surface area contributed by atoms with Gasteiger partial charge in [-0.3, -0.25) is 9.36 Å². The van der Waals surface area contributed by atoms with Gasteiger partial charge in [0.2, 0.25) is 0 Å². The van der Waals surface area contributed by atoms with E-state index in [1.54, 1.807) is 16.8 Å². The van der Waals surface area contributed by atoms with Crippen LogP contribution in [0.3, 0.4) is 0 Å². The van der Waals surface area contributed by atoms with Gasteiger partial charge in [0.05, 0.1) is 0 Å². The molecule has 162 valence electrons. The molecule has 0 atom stereocenters. The average Bonchev–Trinajstić information content (AvgIpc) is 3.00. The van der Waals surface area contributed by atoms with Crippen molar-refractivity contribution in [3.8, 4) is 11.4 Å². The molecule has 0 fully saturated rings. The van der Waals surface area contributed by atoms with Crippen LogP contribution in [0.1, 0.15) is 16.9 Å². The smallest absolute Gasteiger partial charge is 0.407 e. The molecule has 7 nitrogen and oxygen atoms in total. The minimum Gasteiger partial charge on any atom is -0.489 e. The molecule has 4 aromatic rings. The summed E-state index contributed by atoms with van der Waals surface area (Å²) in [5, 5.41) is 10.2. The largest absolute Gasteiger partial charge is 0.489 e. The van der Waals surface area contributed by atoms with Gasteiger partial charge in [0.1, 0.15) is 23.7 Å². The van der Waals surface area contributed by atoms with Crippen LogP contribution in [0.15, 0.2) is 76.1 Å². The normalized spacial score (nSPS) is 13.6.